The third-order valence-electron chi connectivity index (χ3n) is 1.30. The fraction of sp³-hybridized carbons (Fsp3) is 0.714. The summed E-state index contributed by atoms with van der Waals surface area (Å²) in [7, 11) is 0. The molecule has 0 radical (unpaired) electrons. The molecule has 0 aliphatic carbocycles. The van der Waals surface area contributed by atoms with Crippen LogP contribution in [0.15, 0.2) is 5.11 Å². The van der Waals surface area contributed by atoms with E-state index in [0.717, 1.165) is 0 Å². The highest BCUT2D eigenvalue weighted by atomic mass is 16.5. The highest BCUT2D eigenvalue weighted by molar-refractivity contribution is 5.85. The topological polar surface area (TPSA) is 104 Å². The maximum atomic E-state index is 11.0. The molecule has 0 bridgehead atoms. The molecule has 1 N–H and O–H groups in total. The lowest BCUT2D eigenvalue weighted by Crippen LogP contribution is -2.40. The van der Waals surface area contributed by atoms with Gasteiger partial charge in [-0.3, -0.25) is 4.79 Å². The van der Waals surface area contributed by atoms with E-state index in [0.29, 0.717) is 0 Å². The molecule has 7 nitrogen and oxygen atoms in total. The Morgan fingerprint density at radius 1 is 1.64 bits per heavy atom. The summed E-state index contributed by atoms with van der Waals surface area (Å²) < 4.78 is 4.65. The molecule has 0 saturated heterocycles. The van der Waals surface area contributed by atoms with Crippen molar-refractivity contribution in [3.63, 3.8) is 0 Å². The molecule has 0 aliphatic rings. The zero-order chi connectivity index (χ0) is 11.0. The summed E-state index contributed by atoms with van der Waals surface area (Å²) in [6.45, 7) is 3.11. The second kappa shape index (κ2) is 6.73. The molecule has 0 aliphatic heterocycles. The van der Waals surface area contributed by atoms with Crippen molar-refractivity contribution in [3.8, 4) is 0 Å². The number of amides is 1. The van der Waals surface area contributed by atoms with Gasteiger partial charge in [0.05, 0.1) is 6.61 Å². The van der Waals surface area contributed by atoms with Gasteiger partial charge in [-0.2, -0.15) is 0 Å². The van der Waals surface area contributed by atoms with Crippen LogP contribution in [0.4, 0.5) is 0 Å². The van der Waals surface area contributed by atoms with Crippen LogP contribution in [-0.2, 0) is 14.3 Å². The van der Waals surface area contributed by atoms with Crippen LogP contribution in [0.3, 0.4) is 0 Å². The summed E-state index contributed by atoms with van der Waals surface area (Å²) in [6.07, 6.45) is 0. The van der Waals surface area contributed by atoms with E-state index in [-0.39, 0.29) is 13.2 Å². The van der Waals surface area contributed by atoms with Crippen LogP contribution in [0.1, 0.15) is 13.8 Å². The predicted molar refractivity (Wildman–Crippen MR) is 48.3 cm³/mol. The van der Waals surface area contributed by atoms with Gasteiger partial charge in [-0.1, -0.05) is 5.11 Å². The van der Waals surface area contributed by atoms with Crippen LogP contribution >= 0.6 is 0 Å². The first-order valence-electron chi connectivity index (χ1n) is 4.08. The van der Waals surface area contributed by atoms with Crippen molar-refractivity contribution >= 4 is 11.9 Å². The summed E-state index contributed by atoms with van der Waals surface area (Å²) in [6, 6.07) is -0.726. The molecule has 0 fully saturated rings. The second-order valence-electron chi connectivity index (χ2n) is 2.43. The molecule has 1 unspecified atom stereocenters. The van der Waals surface area contributed by atoms with Crippen molar-refractivity contribution < 1.29 is 14.3 Å². The fourth-order valence-corrected chi connectivity index (χ4v) is 0.709. The van der Waals surface area contributed by atoms with Gasteiger partial charge in [0.15, 0.2) is 0 Å². The standard InChI is InChI=1S/C7H12N4O3/c1-3-14-7(13)5(2)10-6(12)4-9-11-8/h5H,3-4H2,1-2H3,(H,10,12). The number of nitrogens with zero attached hydrogens (tertiary/aromatic N) is 3. The molecule has 1 atom stereocenters. The number of esters is 1. The number of nitrogens with one attached hydrogen (secondary N) is 1. The minimum Gasteiger partial charge on any atom is -0.464 e. The molecule has 0 spiro atoms. The van der Waals surface area contributed by atoms with Gasteiger partial charge in [0, 0.05) is 4.91 Å². The van der Waals surface area contributed by atoms with E-state index >= 15 is 0 Å². The van der Waals surface area contributed by atoms with Crippen LogP contribution in [0.2, 0.25) is 0 Å². The van der Waals surface area contributed by atoms with E-state index in [2.05, 4.69) is 20.1 Å². The van der Waals surface area contributed by atoms with Crippen molar-refractivity contribution in [2.24, 2.45) is 5.11 Å². The Labute approximate surface area is 81.0 Å². The van der Waals surface area contributed by atoms with Crippen molar-refractivity contribution in [2.75, 3.05) is 13.2 Å². The van der Waals surface area contributed by atoms with Gasteiger partial charge in [-0.05, 0) is 19.4 Å². The summed E-state index contributed by atoms with van der Waals surface area (Å²) >= 11 is 0. The number of rotatable bonds is 5. The van der Waals surface area contributed by atoms with Crippen LogP contribution in [0.25, 0.3) is 10.4 Å². The molecular weight excluding hydrogens is 188 g/mol. The summed E-state index contributed by atoms with van der Waals surface area (Å²) in [5.41, 5.74) is 7.93. The van der Waals surface area contributed by atoms with E-state index < -0.39 is 17.9 Å². The first kappa shape index (κ1) is 12.2. The zero-order valence-corrected chi connectivity index (χ0v) is 8.06. The zero-order valence-electron chi connectivity index (χ0n) is 8.06. The lowest BCUT2D eigenvalue weighted by atomic mass is 10.3. The fourth-order valence-electron chi connectivity index (χ4n) is 0.709. The predicted octanol–water partition coefficient (Wildman–Crippen LogP) is 0.364. The Balaban J connectivity index is 3.92. The van der Waals surface area contributed by atoms with Gasteiger partial charge >= 0.3 is 5.97 Å². The maximum absolute atomic E-state index is 11.0. The van der Waals surface area contributed by atoms with E-state index in [1.807, 2.05) is 0 Å². The van der Waals surface area contributed by atoms with Crippen molar-refractivity contribution in [1.29, 1.82) is 0 Å². The number of carbonyl (C=O) groups is 2. The smallest absolute Gasteiger partial charge is 0.328 e. The van der Waals surface area contributed by atoms with Gasteiger partial charge in [-0.25, -0.2) is 4.79 Å². The van der Waals surface area contributed by atoms with Crippen LogP contribution in [0.5, 0.6) is 0 Å². The second-order valence-corrected chi connectivity index (χ2v) is 2.43. The van der Waals surface area contributed by atoms with Crippen LogP contribution in [-0.4, -0.2) is 31.1 Å². The van der Waals surface area contributed by atoms with Gasteiger partial charge in [0.1, 0.15) is 12.6 Å². The molecule has 7 heteroatoms. The lowest BCUT2D eigenvalue weighted by molar-refractivity contribution is -0.146. The van der Waals surface area contributed by atoms with Gasteiger partial charge in [-0.15, -0.1) is 0 Å². The number of hydrogen-bond acceptors (Lipinski definition) is 4. The monoisotopic (exact) mass is 200 g/mol. The molecule has 78 valence electrons. The average molecular weight is 200 g/mol. The van der Waals surface area contributed by atoms with E-state index in [1.54, 1.807) is 6.92 Å². The molecule has 14 heavy (non-hydrogen) atoms. The highest BCUT2D eigenvalue weighted by Crippen LogP contribution is 1.88. The Hall–Kier alpha value is -1.75. The van der Waals surface area contributed by atoms with Crippen molar-refractivity contribution in [1.82, 2.24) is 5.32 Å². The molecule has 0 aromatic heterocycles. The largest absolute Gasteiger partial charge is 0.464 e. The SMILES string of the molecule is CCOC(=O)C(C)NC(=O)CN=[N+]=[N-]. The van der Waals surface area contributed by atoms with Gasteiger partial charge in [0.25, 0.3) is 0 Å². The molecule has 0 aromatic rings. The van der Waals surface area contributed by atoms with E-state index in [4.69, 9.17) is 5.53 Å². The minimum absolute atomic E-state index is 0.259. The Kier molecular flexibility index (Phi) is 5.89. The maximum Gasteiger partial charge on any atom is 0.328 e. The number of azide groups is 1. The molecule has 0 heterocycles. The van der Waals surface area contributed by atoms with E-state index in [9.17, 15) is 9.59 Å². The van der Waals surface area contributed by atoms with Crippen molar-refractivity contribution in [2.45, 2.75) is 19.9 Å². The Morgan fingerprint density at radius 2 is 2.29 bits per heavy atom. The Morgan fingerprint density at radius 3 is 2.79 bits per heavy atom. The molecular formula is C7H12N4O3. The summed E-state index contributed by atoms with van der Waals surface area (Å²) in [5, 5.41) is 5.37. The normalized spacial score (nSPS) is 11.0. The molecule has 0 aromatic carbocycles. The number of ether oxygens (including phenoxy) is 1. The third-order valence-corrected chi connectivity index (χ3v) is 1.30. The Bertz CT molecular complexity index is 260. The summed E-state index contributed by atoms with van der Waals surface area (Å²) in [4.78, 5) is 24.4. The first-order valence-corrected chi connectivity index (χ1v) is 4.08. The molecule has 1 amide bonds. The average Bonchev–Trinajstić information content (AvgIpc) is 2.15. The quantitative estimate of drug-likeness (QED) is 0.300. The molecule has 0 rings (SSSR count). The van der Waals surface area contributed by atoms with Crippen molar-refractivity contribution in [3.05, 3.63) is 10.4 Å². The number of carbonyl (C=O) groups excluding carboxylic acids is 2. The number of hydrogen-bond donors (Lipinski definition) is 1. The summed E-state index contributed by atoms with van der Waals surface area (Å²) in [5.74, 6) is -1.02. The highest BCUT2D eigenvalue weighted by Gasteiger charge is 2.15. The third kappa shape index (κ3) is 5.00. The molecule has 0 saturated carbocycles. The van der Waals surface area contributed by atoms with Gasteiger partial charge < -0.3 is 10.1 Å². The lowest BCUT2D eigenvalue weighted by Gasteiger charge is -2.11. The van der Waals surface area contributed by atoms with Gasteiger partial charge in [0.2, 0.25) is 5.91 Å². The van der Waals surface area contributed by atoms with E-state index in [1.165, 1.54) is 6.92 Å². The minimum atomic E-state index is -0.726. The first-order chi connectivity index (χ1) is 6.61. The van der Waals surface area contributed by atoms with Crippen LogP contribution < -0.4 is 5.32 Å². The van der Waals surface area contributed by atoms with Crippen LogP contribution in [0, 0.1) is 0 Å².